The second kappa shape index (κ2) is 7.83. The Balaban J connectivity index is 1.52. The molecule has 2 aromatic heterocycles. The summed E-state index contributed by atoms with van der Waals surface area (Å²) in [5, 5.41) is 7.81. The fourth-order valence-corrected chi connectivity index (χ4v) is 3.93. The van der Waals surface area contributed by atoms with Crippen molar-refractivity contribution in [2.45, 2.75) is 31.7 Å². The molecule has 1 saturated carbocycles. The van der Waals surface area contributed by atoms with Crippen LogP contribution in [-0.2, 0) is 16.8 Å². The van der Waals surface area contributed by atoms with Crippen LogP contribution in [0.25, 0.3) is 0 Å². The minimum Gasteiger partial charge on any atom is -0.466 e. The molecule has 4 rings (SSSR count). The molecule has 1 aliphatic carbocycles. The summed E-state index contributed by atoms with van der Waals surface area (Å²) in [7, 11) is 1.55. The zero-order valence-electron chi connectivity index (χ0n) is 16.3. The summed E-state index contributed by atoms with van der Waals surface area (Å²) in [6.45, 7) is 2.55. The first-order valence-corrected chi connectivity index (χ1v) is 9.83. The standard InChI is InChI=1S/C21H22ClN5O2/c1-14-24-20(29-2)26-27(14)11-10-21(15-6-4-3-5-7-15)12-17(21)19(28)25-18-9-8-16(22)13-23-18/h3-9,13,17H,10-12H2,1-2H3,(H,23,25,28). The molecule has 1 N–H and O–H groups in total. The van der Waals surface area contributed by atoms with Crippen LogP contribution in [0, 0.1) is 12.8 Å². The Morgan fingerprint density at radius 2 is 2.10 bits per heavy atom. The summed E-state index contributed by atoms with van der Waals surface area (Å²) in [5.41, 5.74) is 0.928. The van der Waals surface area contributed by atoms with E-state index in [0.717, 1.165) is 24.2 Å². The van der Waals surface area contributed by atoms with Gasteiger partial charge in [0.15, 0.2) is 0 Å². The Morgan fingerprint density at radius 3 is 2.76 bits per heavy atom. The first-order valence-electron chi connectivity index (χ1n) is 9.45. The van der Waals surface area contributed by atoms with Gasteiger partial charge in [0.1, 0.15) is 11.6 Å². The van der Waals surface area contributed by atoms with Crippen LogP contribution in [0.5, 0.6) is 6.01 Å². The molecule has 1 amide bonds. The van der Waals surface area contributed by atoms with Gasteiger partial charge < -0.3 is 10.1 Å². The fraction of sp³-hybridized carbons (Fsp3) is 0.333. The van der Waals surface area contributed by atoms with E-state index in [-0.39, 0.29) is 17.2 Å². The minimum atomic E-state index is -0.233. The average Bonchev–Trinajstić information content (AvgIpc) is 3.38. The van der Waals surface area contributed by atoms with E-state index in [1.165, 1.54) is 6.20 Å². The van der Waals surface area contributed by atoms with Crippen LogP contribution in [0.15, 0.2) is 48.7 Å². The zero-order chi connectivity index (χ0) is 20.4. The van der Waals surface area contributed by atoms with Gasteiger partial charge in [0, 0.05) is 24.1 Å². The highest BCUT2D eigenvalue weighted by Gasteiger charge is 2.58. The van der Waals surface area contributed by atoms with Gasteiger partial charge in [0.2, 0.25) is 5.91 Å². The van der Waals surface area contributed by atoms with Gasteiger partial charge in [-0.2, -0.15) is 4.98 Å². The minimum absolute atomic E-state index is 0.0310. The Bertz CT molecular complexity index is 1010. The molecular weight excluding hydrogens is 390 g/mol. The molecule has 1 aliphatic rings. The molecule has 8 heteroatoms. The van der Waals surface area contributed by atoms with Crippen molar-refractivity contribution in [3.63, 3.8) is 0 Å². The number of nitrogens with one attached hydrogen (secondary N) is 1. The molecular formula is C21H22ClN5O2. The van der Waals surface area contributed by atoms with E-state index in [9.17, 15) is 4.79 Å². The van der Waals surface area contributed by atoms with Gasteiger partial charge in [-0.15, -0.1) is 5.10 Å². The number of pyridine rings is 1. The Kier molecular flexibility index (Phi) is 5.24. The van der Waals surface area contributed by atoms with Crippen LogP contribution in [0.4, 0.5) is 5.82 Å². The van der Waals surface area contributed by atoms with E-state index < -0.39 is 0 Å². The molecule has 2 atom stereocenters. The summed E-state index contributed by atoms with van der Waals surface area (Å²) in [6.07, 6.45) is 3.08. The number of hydrogen-bond acceptors (Lipinski definition) is 5. The van der Waals surface area contributed by atoms with Crippen molar-refractivity contribution in [3.05, 3.63) is 65.1 Å². The second-order valence-electron chi connectivity index (χ2n) is 7.25. The maximum Gasteiger partial charge on any atom is 0.335 e. The lowest BCUT2D eigenvalue weighted by atomic mass is 9.89. The van der Waals surface area contributed by atoms with E-state index in [4.69, 9.17) is 16.3 Å². The van der Waals surface area contributed by atoms with E-state index in [2.05, 4.69) is 32.5 Å². The largest absolute Gasteiger partial charge is 0.466 e. The number of aryl methyl sites for hydroxylation is 2. The maximum absolute atomic E-state index is 12.9. The number of benzene rings is 1. The Labute approximate surface area is 174 Å². The molecule has 0 spiro atoms. The number of anilines is 1. The van der Waals surface area contributed by atoms with Crippen molar-refractivity contribution in [1.82, 2.24) is 19.7 Å². The number of halogens is 1. The highest BCUT2D eigenvalue weighted by atomic mass is 35.5. The fourth-order valence-electron chi connectivity index (χ4n) is 3.82. The first kappa shape index (κ1) is 19.4. The molecule has 7 nitrogen and oxygen atoms in total. The molecule has 150 valence electrons. The van der Waals surface area contributed by atoms with Crippen LogP contribution in [0.2, 0.25) is 5.02 Å². The Morgan fingerprint density at radius 1 is 1.31 bits per heavy atom. The van der Waals surface area contributed by atoms with E-state index >= 15 is 0 Å². The van der Waals surface area contributed by atoms with Gasteiger partial charge in [-0.05, 0) is 37.5 Å². The monoisotopic (exact) mass is 411 g/mol. The third kappa shape index (κ3) is 3.96. The van der Waals surface area contributed by atoms with Crippen molar-refractivity contribution in [1.29, 1.82) is 0 Å². The topological polar surface area (TPSA) is 81.9 Å². The van der Waals surface area contributed by atoms with E-state index in [0.29, 0.717) is 23.4 Å². The number of hydrogen-bond donors (Lipinski definition) is 1. The number of carbonyl (C=O) groups is 1. The summed E-state index contributed by atoms with van der Waals surface area (Å²) in [5.74, 6) is 1.13. The van der Waals surface area contributed by atoms with E-state index in [1.807, 2.05) is 29.8 Å². The summed E-state index contributed by atoms with van der Waals surface area (Å²) in [6, 6.07) is 13.9. The molecule has 2 unspecified atom stereocenters. The van der Waals surface area contributed by atoms with Crippen molar-refractivity contribution in [2.75, 3.05) is 12.4 Å². The average molecular weight is 412 g/mol. The maximum atomic E-state index is 12.9. The predicted octanol–water partition coefficient (Wildman–Crippen LogP) is 3.63. The smallest absolute Gasteiger partial charge is 0.335 e. The highest BCUT2D eigenvalue weighted by Crippen LogP contribution is 2.57. The van der Waals surface area contributed by atoms with Gasteiger partial charge >= 0.3 is 6.01 Å². The van der Waals surface area contributed by atoms with Crippen LogP contribution in [-0.4, -0.2) is 32.8 Å². The summed E-state index contributed by atoms with van der Waals surface area (Å²) < 4.78 is 6.95. The zero-order valence-corrected chi connectivity index (χ0v) is 17.1. The van der Waals surface area contributed by atoms with Crippen LogP contribution in [0.3, 0.4) is 0 Å². The van der Waals surface area contributed by atoms with Gasteiger partial charge in [0.05, 0.1) is 12.1 Å². The third-order valence-corrected chi connectivity index (χ3v) is 5.73. The summed E-state index contributed by atoms with van der Waals surface area (Å²) >= 11 is 5.88. The van der Waals surface area contributed by atoms with Gasteiger partial charge in [-0.3, -0.25) is 4.79 Å². The molecule has 0 bridgehead atoms. The normalized spacial score (nSPS) is 20.3. The lowest BCUT2D eigenvalue weighted by Gasteiger charge is -2.18. The molecule has 1 fully saturated rings. The molecule has 0 saturated heterocycles. The molecule has 1 aromatic carbocycles. The van der Waals surface area contributed by atoms with E-state index in [1.54, 1.807) is 19.2 Å². The van der Waals surface area contributed by atoms with Crippen molar-refractivity contribution >= 4 is 23.3 Å². The third-order valence-electron chi connectivity index (χ3n) is 5.51. The Hall–Kier alpha value is -2.93. The lowest BCUT2D eigenvalue weighted by Crippen LogP contribution is -2.23. The van der Waals surface area contributed by atoms with Crippen molar-refractivity contribution < 1.29 is 9.53 Å². The molecule has 29 heavy (non-hydrogen) atoms. The number of methoxy groups -OCH3 is 1. The quantitative estimate of drug-likeness (QED) is 0.642. The lowest BCUT2D eigenvalue weighted by molar-refractivity contribution is -0.117. The molecule has 3 aromatic rings. The number of aromatic nitrogens is 4. The molecule has 2 heterocycles. The van der Waals surface area contributed by atoms with Crippen molar-refractivity contribution in [3.8, 4) is 6.01 Å². The number of amides is 1. The summed E-state index contributed by atoms with van der Waals surface area (Å²) in [4.78, 5) is 21.4. The van der Waals surface area contributed by atoms with Crippen LogP contribution >= 0.6 is 11.6 Å². The van der Waals surface area contributed by atoms with Crippen LogP contribution < -0.4 is 10.1 Å². The number of nitrogens with zero attached hydrogens (tertiary/aromatic N) is 4. The molecule has 0 aliphatic heterocycles. The number of carbonyl (C=O) groups excluding carboxylic acids is 1. The first-order chi connectivity index (χ1) is 14.0. The SMILES string of the molecule is COc1nc(C)n(CCC2(c3ccccc3)CC2C(=O)Nc2ccc(Cl)cn2)n1. The van der Waals surface area contributed by atoms with Crippen molar-refractivity contribution in [2.24, 2.45) is 5.92 Å². The predicted molar refractivity (Wildman–Crippen MR) is 110 cm³/mol. The number of ether oxygens (including phenoxy) is 1. The highest BCUT2D eigenvalue weighted by molar-refractivity contribution is 6.30. The van der Waals surface area contributed by atoms with Gasteiger partial charge in [-0.25, -0.2) is 9.67 Å². The van der Waals surface area contributed by atoms with Gasteiger partial charge in [0.25, 0.3) is 0 Å². The number of rotatable bonds is 7. The molecule has 0 radical (unpaired) electrons. The second-order valence-corrected chi connectivity index (χ2v) is 7.69. The van der Waals surface area contributed by atoms with Gasteiger partial charge in [-0.1, -0.05) is 41.9 Å². The van der Waals surface area contributed by atoms with Crippen LogP contribution in [0.1, 0.15) is 24.2 Å².